The molecule has 4 fully saturated rings. The van der Waals surface area contributed by atoms with Crippen LogP contribution in [-0.4, -0.2) is 20.3 Å². The third-order valence-electron chi connectivity index (χ3n) is 9.95. The molecule has 4 aliphatic rings. The van der Waals surface area contributed by atoms with Gasteiger partial charge in [-0.2, -0.15) is 8.42 Å². The van der Waals surface area contributed by atoms with Crippen LogP contribution in [0.5, 0.6) is 0 Å². The number of aryl methyl sites for hydroxylation is 1. The summed E-state index contributed by atoms with van der Waals surface area (Å²) in [5.74, 6) is 2.85. The van der Waals surface area contributed by atoms with Crippen LogP contribution in [0.1, 0.15) is 77.2 Å². The summed E-state index contributed by atoms with van der Waals surface area (Å²) in [4.78, 5) is 12.4. The van der Waals surface area contributed by atoms with E-state index >= 15 is 0 Å². The number of Topliss-reactive ketones (excluding diaryl/α,β-unsaturated/α-hetero) is 1. The van der Waals surface area contributed by atoms with Crippen molar-refractivity contribution in [2.75, 3.05) is 0 Å². The monoisotopic (exact) mass is 444 g/mol. The van der Waals surface area contributed by atoms with Gasteiger partial charge >= 0.3 is 0 Å². The molecule has 0 heterocycles. The molecule has 5 rings (SSSR count). The molecule has 4 saturated carbocycles. The molecule has 4 nitrogen and oxygen atoms in total. The molecule has 31 heavy (non-hydrogen) atoms. The van der Waals surface area contributed by atoms with Crippen molar-refractivity contribution in [1.82, 2.24) is 0 Å². The van der Waals surface area contributed by atoms with E-state index in [-0.39, 0.29) is 21.8 Å². The lowest BCUT2D eigenvalue weighted by atomic mass is 9.45. The van der Waals surface area contributed by atoms with Crippen LogP contribution in [0.15, 0.2) is 29.2 Å². The van der Waals surface area contributed by atoms with Crippen molar-refractivity contribution in [2.24, 2.45) is 34.5 Å². The van der Waals surface area contributed by atoms with E-state index < -0.39 is 10.1 Å². The molecule has 1 aromatic rings. The van der Waals surface area contributed by atoms with Crippen molar-refractivity contribution in [3.05, 3.63) is 29.8 Å². The van der Waals surface area contributed by atoms with Gasteiger partial charge in [-0.25, -0.2) is 0 Å². The molecular weight excluding hydrogens is 408 g/mol. The first kappa shape index (κ1) is 21.6. The number of ketones is 1. The standard InChI is InChI=1S/C26H36O4S/c1-17-4-7-20(8-5-17)31(28,29)30-24-11-10-22-21-9-6-18-16-19(27)12-14-25(18,2)23(21)13-15-26(22,24)3/h4-5,7-8,18,21-24H,6,9-16H2,1-3H3/t18-,21-,22-,23+,24-,25+,26+/m1/s1. The van der Waals surface area contributed by atoms with Crippen molar-refractivity contribution in [2.45, 2.75) is 89.6 Å². The third kappa shape index (κ3) is 3.42. The van der Waals surface area contributed by atoms with Crippen LogP contribution in [0.2, 0.25) is 0 Å². The fraction of sp³-hybridized carbons (Fsp3) is 0.731. The highest BCUT2D eigenvalue weighted by Crippen LogP contribution is 2.66. The number of fused-ring (bicyclic) bond motifs is 5. The van der Waals surface area contributed by atoms with E-state index in [1.165, 1.54) is 6.42 Å². The number of rotatable bonds is 3. The summed E-state index contributed by atoms with van der Waals surface area (Å²) in [6.45, 7) is 6.69. The molecule has 0 aliphatic heterocycles. The number of benzene rings is 1. The third-order valence-corrected chi connectivity index (χ3v) is 11.3. The Hall–Kier alpha value is -1.20. The minimum absolute atomic E-state index is 0.0768. The molecule has 170 valence electrons. The minimum atomic E-state index is -3.75. The summed E-state index contributed by atoms with van der Waals surface area (Å²) in [7, 11) is -3.75. The second-order valence-electron chi connectivity index (χ2n) is 11.4. The van der Waals surface area contributed by atoms with Gasteiger partial charge in [-0.05, 0) is 98.5 Å². The van der Waals surface area contributed by atoms with E-state index in [0.29, 0.717) is 29.5 Å². The molecule has 7 atom stereocenters. The highest BCUT2D eigenvalue weighted by molar-refractivity contribution is 7.86. The highest BCUT2D eigenvalue weighted by Gasteiger charge is 2.61. The number of hydrogen-bond acceptors (Lipinski definition) is 4. The molecule has 0 bridgehead atoms. The number of hydrogen-bond donors (Lipinski definition) is 0. The first-order valence-corrected chi connectivity index (χ1v) is 13.6. The molecule has 0 saturated heterocycles. The largest absolute Gasteiger partial charge is 0.300 e. The van der Waals surface area contributed by atoms with E-state index in [4.69, 9.17) is 4.18 Å². The Balaban J connectivity index is 1.37. The molecule has 0 unspecified atom stereocenters. The molecule has 0 radical (unpaired) electrons. The molecule has 5 heteroatoms. The maximum Gasteiger partial charge on any atom is 0.297 e. The van der Waals surface area contributed by atoms with Crippen molar-refractivity contribution < 1.29 is 17.4 Å². The van der Waals surface area contributed by atoms with Crippen molar-refractivity contribution >= 4 is 15.9 Å². The molecule has 4 aliphatic carbocycles. The summed E-state index contributed by atoms with van der Waals surface area (Å²) < 4.78 is 32.0. The van der Waals surface area contributed by atoms with Crippen LogP contribution in [0.3, 0.4) is 0 Å². The topological polar surface area (TPSA) is 60.4 Å². The summed E-state index contributed by atoms with van der Waals surface area (Å²) in [6, 6.07) is 6.97. The fourth-order valence-corrected chi connectivity index (χ4v) is 9.27. The second kappa shape index (κ2) is 7.41. The maximum absolute atomic E-state index is 13.0. The summed E-state index contributed by atoms with van der Waals surface area (Å²) in [5.41, 5.74) is 1.25. The summed E-state index contributed by atoms with van der Waals surface area (Å²) in [5, 5.41) is 0. The Bertz CT molecular complexity index is 968. The van der Waals surface area contributed by atoms with E-state index in [2.05, 4.69) is 13.8 Å². The van der Waals surface area contributed by atoms with Crippen LogP contribution in [0, 0.1) is 41.4 Å². The van der Waals surface area contributed by atoms with Gasteiger partial charge in [-0.3, -0.25) is 8.98 Å². The zero-order chi connectivity index (χ0) is 22.0. The molecule has 0 aromatic heterocycles. The Morgan fingerprint density at radius 1 is 0.903 bits per heavy atom. The Labute approximate surface area is 187 Å². The fourth-order valence-electron chi connectivity index (χ4n) is 8.07. The lowest BCUT2D eigenvalue weighted by molar-refractivity contribution is -0.140. The van der Waals surface area contributed by atoms with Crippen molar-refractivity contribution in [1.29, 1.82) is 0 Å². The lowest BCUT2D eigenvalue weighted by Crippen LogP contribution is -2.54. The Kier molecular flexibility index (Phi) is 5.17. The van der Waals surface area contributed by atoms with E-state index in [0.717, 1.165) is 56.9 Å². The lowest BCUT2D eigenvalue weighted by Gasteiger charge is -2.60. The van der Waals surface area contributed by atoms with Gasteiger partial charge in [0.15, 0.2) is 0 Å². The normalized spacial score (nSPS) is 42.5. The van der Waals surface area contributed by atoms with Gasteiger partial charge in [-0.1, -0.05) is 31.5 Å². The average Bonchev–Trinajstić information content (AvgIpc) is 3.04. The van der Waals surface area contributed by atoms with E-state index in [9.17, 15) is 13.2 Å². The van der Waals surface area contributed by atoms with Gasteiger partial charge in [0, 0.05) is 12.8 Å². The van der Waals surface area contributed by atoms with Crippen LogP contribution >= 0.6 is 0 Å². The zero-order valence-corrected chi connectivity index (χ0v) is 19.9. The number of carbonyl (C=O) groups is 1. The van der Waals surface area contributed by atoms with Crippen LogP contribution in [0.25, 0.3) is 0 Å². The maximum atomic E-state index is 13.0. The predicted octanol–water partition coefficient (Wildman–Crippen LogP) is 5.68. The van der Waals surface area contributed by atoms with Gasteiger partial charge in [0.2, 0.25) is 0 Å². The predicted molar refractivity (Wildman–Crippen MR) is 120 cm³/mol. The van der Waals surface area contributed by atoms with Gasteiger partial charge in [0.25, 0.3) is 10.1 Å². The van der Waals surface area contributed by atoms with Crippen molar-refractivity contribution in [3.63, 3.8) is 0 Å². The van der Waals surface area contributed by atoms with Crippen LogP contribution in [0.4, 0.5) is 0 Å². The van der Waals surface area contributed by atoms with Gasteiger partial charge < -0.3 is 0 Å². The quantitative estimate of drug-likeness (QED) is 0.563. The number of carbonyl (C=O) groups excluding carboxylic acids is 1. The molecule has 0 spiro atoms. The van der Waals surface area contributed by atoms with E-state index in [1.54, 1.807) is 12.1 Å². The second-order valence-corrected chi connectivity index (χ2v) is 12.9. The first-order valence-electron chi connectivity index (χ1n) is 12.2. The van der Waals surface area contributed by atoms with Crippen LogP contribution in [-0.2, 0) is 19.1 Å². The van der Waals surface area contributed by atoms with Gasteiger partial charge in [0.1, 0.15) is 5.78 Å². The minimum Gasteiger partial charge on any atom is -0.300 e. The Morgan fingerprint density at radius 3 is 2.35 bits per heavy atom. The van der Waals surface area contributed by atoms with Crippen molar-refractivity contribution in [3.8, 4) is 0 Å². The average molecular weight is 445 g/mol. The summed E-state index contributed by atoms with van der Waals surface area (Å²) in [6.07, 6.45) is 8.75. The smallest absolute Gasteiger partial charge is 0.297 e. The highest BCUT2D eigenvalue weighted by atomic mass is 32.2. The zero-order valence-electron chi connectivity index (χ0n) is 19.1. The summed E-state index contributed by atoms with van der Waals surface area (Å²) >= 11 is 0. The van der Waals surface area contributed by atoms with Gasteiger partial charge in [0.05, 0.1) is 11.0 Å². The first-order chi connectivity index (χ1) is 14.6. The Morgan fingerprint density at radius 2 is 1.61 bits per heavy atom. The van der Waals surface area contributed by atoms with E-state index in [1.807, 2.05) is 19.1 Å². The SMILES string of the molecule is Cc1ccc(S(=O)(=O)O[C@@H]2CC[C@@H]3[C@H]4CC[C@@H]5CC(=O)CC[C@]5(C)[C@H]4CC[C@@]32C)cc1. The molecule has 0 amide bonds. The molecule has 1 aromatic carbocycles. The van der Waals surface area contributed by atoms with Gasteiger partial charge in [-0.15, -0.1) is 0 Å². The van der Waals surface area contributed by atoms with Crippen LogP contribution < -0.4 is 0 Å². The molecular formula is C26H36O4S. The molecule has 0 N–H and O–H groups in total.